The molecular formula is C31H26O2PS. The summed E-state index contributed by atoms with van der Waals surface area (Å²) in [6.45, 7) is 2.01. The summed E-state index contributed by atoms with van der Waals surface area (Å²) in [7, 11) is -2.26. The van der Waals surface area contributed by atoms with Crippen LogP contribution in [0.3, 0.4) is 0 Å². The lowest BCUT2D eigenvalue weighted by Crippen LogP contribution is -2.27. The molecule has 0 bridgehead atoms. The normalized spacial score (nSPS) is 16.4. The fraction of sp³-hybridized carbons (Fsp3) is 0.0645. The van der Waals surface area contributed by atoms with E-state index in [2.05, 4.69) is 54.6 Å². The smallest absolute Gasteiger partial charge is 0.0877 e. The molecular weight excluding hydrogens is 467 g/mol. The van der Waals surface area contributed by atoms with Gasteiger partial charge in [0.25, 0.3) is 0 Å². The third-order valence-corrected chi connectivity index (χ3v) is 10.0. The lowest BCUT2D eigenvalue weighted by atomic mass is 9.94. The number of benzene rings is 4. The van der Waals surface area contributed by atoms with E-state index in [1.54, 1.807) is 0 Å². The van der Waals surface area contributed by atoms with Crippen LogP contribution in [0.2, 0.25) is 0 Å². The highest BCUT2D eigenvalue weighted by atomic mass is 32.2. The fourth-order valence-corrected chi connectivity index (χ4v) is 7.99. The summed E-state index contributed by atoms with van der Waals surface area (Å²) in [4.78, 5) is 0.736. The van der Waals surface area contributed by atoms with Gasteiger partial charge in [-0.15, -0.1) is 0 Å². The van der Waals surface area contributed by atoms with Crippen LogP contribution < -0.4 is 15.9 Å². The number of hydrogen-bond donors (Lipinski definition) is 1. The number of hydrogen-bond acceptors (Lipinski definition) is 2. The molecule has 0 aromatic heterocycles. The van der Waals surface area contributed by atoms with Crippen molar-refractivity contribution >= 4 is 34.6 Å². The molecule has 1 saturated carbocycles. The zero-order chi connectivity index (χ0) is 24.2. The van der Waals surface area contributed by atoms with Crippen LogP contribution in [0, 0.1) is 37.4 Å². The molecule has 1 fully saturated rings. The van der Waals surface area contributed by atoms with Crippen LogP contribution in [-0.2, 0) is 10.8 Å². The summed E-state index contributed by atoms with van der Waals surface area (Å²) in [6, 6.07) is 36.7. The molecule has 1 aliphatic rings. The van der Waals surface area contributed by atoms with Gasteiger partial charge in [0, 0.05) is 10.8 Å². The highest BCUT2D eigenvalue weighted by Gasteiger charge is 2.41. The summed E-state index contributed by atoms with van der Waals surface area (Å²) in [5, 5.41) is 15.9. The van der Waals surface area contributed by atoms with E-state index in [0.29, 0.717) is 11.2 Å². The average Bonchev–Trinajstić information content (AvgIpc) is 3.40. The second-order valence-corrected chi connectivity index (χ2v) is 12.0. The fourth-order valence-electron chi connectivity index (χ4n) is 4.27. The number of rotatable bonds is 7. The number of aliphatic hydroxyl groups excluding tert-OH is 1. The lowest BCUT2D eigenvalue weighted by molar-refractivity contribution is 0.200. The van der Waals surface area contributed by atoms with E-state index in [0.717, 1.165) is 21.3 Å². The molecule has 173 valence electrons. The Morgan fingerprint density at radius 2 is 1.29 bits per heavy atom. The van der Waals surface area contributed by atoms with Crippen molar-refractivity contribution in [1.29, 1.82) is 0 Å². The first-order chi connectivity index (χ1) is 17.1. The van der Waals surface area contributed by atoms with Gasteiger partial charge in [0.15, 0.2) is 0 Å². The molecule has 0 heterocycles. The van der Waals surface area contributed by atoms with E-state index in [1.165, 1.54) is 10.6 Å². The van der Waals surface area contributed by atoms with E-state index >= 15 is 0 Å². The molecule has 0 amide bonds. The Balaban J connectivity index is 1.52. The predicted octanol–water partition coefficient (Wildman–Crippen LogP) is 5.33. The maximum atomic E-state index is 13.4. The quantitative estimate of drug-likeness (QED) is 0.354. The van der Waals surface area contributed by atoms with Gasteiger partial charge in [-0.05, 0) is 67.7 Å². The van der Waals surface area contributed by atoms with Crippen LogP contribution in [0.15, 0.2) is 114 Å². The van der Waals surface area contributed by atoms with Gasteiger partial charge in [0.2, 0.25) is 0 Å². The van der Waals surface area contributed by atoms with Gasteiger partial charge in [-0.25, -0.2) is 0 Å². The van der Waals surface area contributed by atoms with Gasteiger partial charge in [0.1, 0.15) is 0 Å². The van der Waals surface area contributed by atoms with E-state index in [1.807, 2.05) is 80.8 Å². The number of aliphatic hydroxyl groups is 1. The first kappa shape index (κ1) is 24.1. The Labute approximate surface area is 212 Å². The SMILES string of the molecule is Cc1ccc([S@](=O)[C]2[CH][CH][CH][C]2[C@@H](O)c2ccccc2P(c2ccccc2)c2ccccc2)cc1. The van der Waals surface area contributed by atoms with Crippen molar-refractivity contribution in [3.8, 4) is 0 Å². The largest absolute Gasteiger partial charge is 0.388 e. The zero-order valence-electron chi connectivity index (χ0n) is 19.4. The van der Waals surface area contributed by atoms with Crippen LogP contribution in [0.1, 0.15) is 17.2 Å². The predicted molar refractivity (Wildman–Crippen MR) is 147 cm³/mol. The van der Waals surface area contributed by atoms with Gasteiger partial charge < -0.3 is 5.11 Å². The monoisotopic (exact) mass is 493 g/mol. The molecule has 4 aromatic carbocycles. The van der Waals surface area contributed by atoms with Crippen LogP contribution in [-0.4, -0.2) is 9.32 Å². The maximum absolute atomic E-state index is 13.4. The molecule has 5 rings (SSSR count). The Bertz CT molecular complexity index is 1230. The third kappa shape index (κ3) is 5.19. The Kier molecular flexibility index (Phi) is 7.58. The van der Waals surface area contributed by atoms with Crippen molar-refractivity contribution in [3.63, 3.8) is 0 Å². The molecule has 4 heteroatoms. The van der Waals surface area contributed by atoms with Gasteiger partial charge in [-0.3, -0.25) is 4.21 Å². The van der Waals surface area contributed by atoms with E-state index in [9.17, 15) is 9.32 Å². The Hall–Kier alpha value is -2.58. The molecule has 2 atom stereocenters. The molecule has 1 N–H and O–H groups in total. The highest BCUT2D eigenvalue weighted by molar-refractivity contribution is 7.88. The molecule has 0 aliphatic heterocycles. The third-order valence-electron chi connectivity index (χ3n) is 6.04. The van der Waals surface area contributed by atoms with E-state index in [-0.39, 0.29) is 0 Å². The second kappa shape index (κ2) is 11.0. The zero-order valence-corrected chi connectivity index (χ0v) is 21.1. The summed E-state index contributed by atoms with van der Waals surface area (Å²) >= 11 is 0. The molecule has 2 nitrogen and oxygen atoms in total. The summed E-state index contributed by atoms with van der Waals surface area (Å²) < 4.78 is 13.4. The van der Waals surface area contributed by atoms with Crippen molar-refractivity contribution in [1.82, 2.24) is 0 Å². The molecule has 4 aromatic rings. The summed E-state index contributed by atoms with van der Waals surface area (Å²) in [6.07, 6.45) is 4.73. The van der Waals surface area contributed by atoms with Gasteiger partial charge in [0.05, 0.1) is 22.2 Å². The van der Waals surface area contributed by atoms with Crippen LogP contribution in [0.25, 0.3) is 0 Å². The van der Waals surface area contributed by atoms with Gasteiger partial charge >= 0.3 is 0 Å². The minimum atomic E-state index is -1.37. The molecule has 35 heavy (non-hydrogen) atoms. The van der Waals surface area contributed by atoms with E-state index in [4.69, 9.17) is 0 Å². The molecule has 0 unspecified atom stereocenters. The number of aryl methyl sites for hydroxylation is 1. The maximum Gasteiger partial charge on any atom is 0.0877 e. The summed E-state index contributed by atoms with van der Waals surface area (Å²) in [5.74, 6) is 0.687. The van der Waals surface area contributed by atoms with E-state index < -0.39 is 24.8 Å². The minimum Gasteiger partial charge on any atom is -0.388 e. The van der Waals surface area contributed by atoms with Crippen molar-refractivity contribution in [2.45, 2.75) is 17.9 Å². The van der Waals surface area contributed by atoms with Crippen LogP contribution in [0.5, 0.6) is 0 Å². The minimum absolute atomic E-state index is 0.653. The lowest BCUT2D eigenvalue weighted by Gasteiger charge is -2.28. The van der Waals surface area contributed by atoms with Crippen LogP contribution >= 0.6 is 7.92 Å². The first-order valence-corrected chi connectivity index (χ1v) is 14.0. The van der Waals surface area contributed by atoms with Crippen molar-refractivity contribution in [2.75, 3.05) is 0 Å². The van der Waals surface area contributed by atoms with Crippen molar-refractivity contribution in [2.24, 2.45) is 0 Å². The molecule has 0 saturated heterocycles. The van der Waals surface area contributed by atoms with Gasteiger partial charge in [-0.2, -0.15) is 0 Å². The summed E-state index contributed by atoms with van der Waals surface area (Å²) in [5.41, 5.74) is 1.97. The Morgan fingerprint density at radius 1 is 0.714 bits per heavy atom. The molecule has 1 aliphatic carbocycles. The van der Waals surface area contributed by atoms with Crippen molar-refractivity contribution in [3.05, 3.63) is 151 Å². The van der Waals surface area contributed by atoms with Crippen LogP contribution in [0.4, 0.5) is 0 Å². The molecule has 0 spiro atoms. The Morgan fingerprint density at radius 3 is 1.91 bits per heavy atom. The highest BCUT2D eigenvalue weighted by Crippen LogP contribution is 2.46. The average molecular weight is 494 g/mol. The second-order valence-electron chi connectivity index (χ2n) is 8.40. The van der Waals surface area contributed by atoms with Crippen molar-refractivity contribution < 1.29 is 9.32 Å². The topological polar surface area (TPSA) is 37.3 Å². The van der Waals surface area contributed by atoms with Gasteiger partial charge in [-0.1, -0.05) is 103 Å². The standard InChI is InChI=1S/C31H26O2PS/c1-23-19-21-26(22-20-23)35(33)30-18-10-16-28(30)31(32)27-15-8-9-17-29(27)34(24-11-4-2-5-12-24)25-13-6-3-7-14-25/h2-22,31-32H,1H3/t31-,35-/m0/s1. The molecule has 5 radical (unpaired) electrons. The first-order valence-electron chi connectivity index (χ1n) is 11.5.